The smallest absolute Gasteiger partial charge is 0.159 e. The van der Waals surface area contributed by atoms with E-state index in [4.69, 9.17) is 19.3 Å². The Labute approximate surface area is 173 Å². The second-order valence-electron chi connectivity index (χ2n) is 8.72. The number of thioether (sulfide) groups is 1. The van der Waals surface area contributed by atoms with Gasteiger partial charge in [-0.05, 0) is 38.3 Å². The van der Waals surface area contributed by atoms with Crippen LogP contribution in [0, 0.1) is 13.8 Å². The van der Waals surface area contributed by atoms with Crippen LogP contribution in [0.4, 0.5) is 0 Å². The molecule has 0 spiro atoms. The Hall–Kier alpha value is -1.06. The lowest BCUT2D eigenvalue weighted by atomic mass is 9.97. The van der Waals surface area contributed by atoms with Crippen LogP contribution in [0.25, 0.3) is 5.82 Å². The van der Waals surface area contributed by atoms with Crippen LogP contribution in [-0.4, -0.2) is 54.4 Å². The van der Waals surface area contributed by atoms with Gasteiger partial charge >= 0.3 is 0 Å². The lowest BCUT2D eigenvalue weighted by Gasteiger charge is -2.40. The van der Waals surface area contributed by atoms with Crippen LogP contribution in [0.3, 0.4) is 0 Å². The van der Waals surface area contributed by atoms with E-state index in [0.717, 1.165) is 35.6 Å². The van der Waals surface area contributed by atoms with Crippen molar-refractivity contribution < 1.29 is 14.2 Å². The first-order chi connectivity index (χ1) is 13.3. The summed E-state index contributed by atoms with van der Waals surface area (Å²) in [6.45, 7) is 13.6. The summed E-state index contributed by atoms with van der Waals surface area (Å²) in [5.74, 6) is 1.53. The molecule has 0 N–H and O–H groups in total. The maximum Gasteiger partial charge on any atom is 0.159 e. The molecule has 1 fully saturated rings. The molecule has 0 bridgehead atoms. The molecule has 0 aromatic carbocycles. The zero-order valence-electron chi connectivity index (χ0n) is 17.9. The number of hydrogen-bond donors (Lipinski definition) is 0. The van der Waals surface area contributed by atoms with Gasteiger partial charge in [0.2, 0.25) is 0 Å². The van der Waals surface area contributed by atoms with Crippen LogP contribution in [-0.2, 0) is 26.5 Å². The minimum absolute atomic E-state index is 0.434. The Morgan fingerprint density at radius 1 is 1.21 bits per heavy atom. The van der Waals surface area contributed by atoms with Gasteiger partial charge in [0.25, 0.3) is 0 Å². The van der Waals surface area contributed by atoms with E-state index in [-0.39, 0.29) is 0 Å². The van der Waals surface area contributed by atoms with E-state index in [1.165, 1.54) is 0 Å². The first-order valence-electron chi connectivity index (χ1n) is 9.78. The maximum atomic E-state index is 6.21. The summed E-state index contributed by atoms with van der Waals surface area (Å²) < 4.78 is 21.9. The minimum atomic E-state index is -1.12. The Balaban J connectivity index is 1.87. The van der Waals surface area contributed by atoms with Crippen LogP contribution in [0.1, 0.15) is 17.1 Å². The van der Waals surface area contributed by atoms with E-state index >= 15 is 0 Å². The fourth-order valence-corrected chi connectivity index (χ4v) is 4.40. The molecule has 0 saturated carbocycles. The van der Waals surface area contributed by atoms with Crippen LogP contribution in [0.5, 0.6) is 0 Å². The molecule has 0 amide bonds. The van der Waals surface area contributed by atoms with Gasteiger partial charge in [0.05, 0.1) is 24.8 Å². The average Bonchev–Trinajstić information content (AvgIpc) is 3.13. The highest BCUT2D eigenvalue weighted by Crippen LogP contribution is 2.36. The molecule has 1 aliphatic rings. The number of aryl methyl sites for hydroxylation is 2. The minimum Gasteiger partial charge on any atom is -0.374 e. The standard InChI is InChI=1S/C20H33N3O3SSi/c1-16-7-8-17(2)23(16)19-11-18(20(12-25-13-20)26-15-27-3)22(21-19)14-24-9-10-28(4,5)6/h7-8,11H,9-10,12-15H2,1-6H3. The predicted octanol–water partition coefficient (Wildman–Crippen LogP) is 4.17. The third-order valence-electron chi connectivity index (χ3n) is 5.07. The van der Waals surface area contributed by atoms with Crippen molar-refractivity contribution in [2.24, 2.45) is 0 Å². The van der Waals surface area contributed by atoms with Crippen molar-refractivity contribution >= 4 is 19.8 Å². The van der Waals surface area contributed by atoms with Crippen LogP contribution >= 0.6 is 11.8 Å². The van der Waals surface area contributed by atoms with Gasteiger partial charge in [0, 0.05) is 32.1 Å². The molecule has 2 aromatic heterocycles. The lowest BCUT2D eigenvalue weighted by molar-refractivity contribution is -0.211. The number of ether oxygens (including phenoxy) is 3. The van der Waals surface area contributed by atoms with E-state index in [0.29, 0.717) is 25.9 Å². The molecule has 28 heavy (non-hydrogen) atoms. The van der Waals surface area contributed by atoms with Gasteiger partial charge in [0.15, 0.2) is 11.4 Å². The second kappa shape index (κ2) is 8.75. The Bertz CT molecular complexity index is 774. The molecule has 3 heterocycles. The molecule has 0 aliphatic carbocycles. The number of nitrogens with zero attached hydrogens (tertiary/aromatic N) is 3. The molecule has 8 heteroatoms. The summed E-state index contributed by atoms with van der Waals surface area (Å²) >= 11 is 1.67. The summed E-state index contributed by atoms with van der Waals surface area (Å²) in [5, 5.41) is 4.89. The number of rotatable bonds is 10. The second-order valence-corrected chi connectivity index (χ2v) is 15.2. The van der Waals surface area contributed by atoms with Crippen molar-refractivity contribution in [3.05, 3.63) is 35.3 Å². The summed E-state index contributed by atoms with van der Waals surface area (Å²) in [7, 11) is -1.12. The van der Waals surface area contributed by atoms with Crippen LogP contribution in [0.2, 0.25) is 25.7 Å². The van der Waals surface area contributed by atoms with Gasteiger partial charge in [-0.15, -0.1) is 11.8 Å². The quantitative estimate of drug-likeness (QED) is 0.326. The van der Waals surface area contributed by atoms with Crippen molar-refractivity contribution in [2.75, 3.05) is 32.0 Å². The zero-order chi connectivity index (χ0) is 20.4. The topological polar surface area (TPSA) is 50.4 Å². The number of aromatic nitrogens is 3. The fourth-order valence-electron chi connectivity index (χ4n) is 3.30. The molecule has 0 radical (unpaired) electrons. The fraction of sp³-hybridized carbons (Fsp3) is 0.650. The molecular formula is C20H33N3O3SSi. The summed E-state index contributed by atoms with van der Waals surface area (Å²) in [5.41, 5.74) is 2.92. The first kappa shape index (κ1) is 21.6. The van der Waals surface area contributed by atoms with Crippen LogP contribution < -0.4 is 0 Å². The maximum absolute atomic E-state index is 6.21. The van der Waals surface area contributed by atoms with E-state index in [1.807, 2.05) is 10.9 Å². The van der Waals surface area contributed by atoms with E-state index in [1.54, 1.807) is 11.8 Å². The Morgan fingerprint density at radius 3 is 2.43 bits per heavy atom. The van der Waals surface area contributed by atoms with Gasteiger partial charge in [-0.25, -0.2) is 4.68 Å². The van der Waals surface area contributed by atoms with Gasteiger partial charge in [0.1, 0.15) is 6.73 Å². The summed E-state index contributed by atoms with van der Waals surface area (Å²) in [6.07, 6.45) is 2.04. The average molecular weight is 424 g/mol. The highest BCUT2D eigenvalue weighted by molar-refractivity contribution is 7.98. The third kappa shape index (κ3) is 4.73. The molecular weight excluding hydrogens is 390 g/mol. The molecule has 0 unspecified atom stereocenters. The van der Waals surface area contributed by atoms with Crippen molar-refractivity contribution in [1.29, 1.82) is 0 Å². The van der Waals surface area contributed by atoms with Crippen molar-refractivity contribution in [2.45, 2.75) is 51.9 Å². The molecule has 1 saturated heterocycles. The molecule has 2 aromatic rings. The monoisotopic (exact) mass is 423 g/mol. The summed E-state index contributed by atoms with van der Waals surface area (Å²) in [4.78, 5) is 0. The lowest BCUT2D eigenvalue weighted by Crippen LogP contribution is -2.50. The first-order valence-corrected chi connectivity index (χ1v) is 14.9. The molecule has 156 valence electrons. The van der Waals surface area contributed by atoms with Crippen molar-refractivity contribution in [3.8, 4) is 5.82 Å². The molecule has 3 rings (SSSR count). The highest BCUT2D eigenvalue weighted by Gasteiger charge is 2.45. The van der Waals surface area contributed by atoms with Gasteiger partial charge in [-0.1, -0.05) is 19.6 Å². The van der Waals surface area contributed by atoms with E-state index in [2.05, 4.69) is 56.3 Å². The summed E-state index contributed by atoms with van der Waals surface area (Å²) in [6, 6.07) is 7.50. The normalized spacial score (nSPS) is 16.4. The van der Waals surface area contributed by atoms with Crippen molar-refractivity contribution in [3.63, 3.8) is 0 Å². The molecule has 0 atom stereocenters. The van der Waals surface area contributed by atoms with E-state index in [9.17, 15) is 0 Å². The molecule has 6 nitrogen and oxygen atoms in total. The van der Waals surface area contributed by atoms with Crippen LogP contribution in [0.15, 0.2) is 18.2 Å². The van der Waals surface area contributed by atoms with Gasteiger partial charge in [-0.3, -0.25) is 0 Å². The third-order valence-corrected chi connectivity index (χ3v) is 7.13. The Morgan fingerprint density at radius 2 is 1.89 bits per heavy atom. The van der Waals surface area contributed by atoms with Gasteiger partial charge < -0.3 is 18.8 Å². The zero-order valence-corrected chi connectivity index (χ0v) is 19.8. The highest BCUT2D eigenvalue weighted by atomic mass is 32.2. The SMILES string of the molecule is CSCOC1(c2cc(-n3c(C)ccc3C)nn2COCC[Si](C)(C)C)COC1. The van der Waals surface area contributed by atoms with Gasteiger partial charge in [-0.2, -0.15) is 5.10 Å². The Kier molecular flexibility index (Phi) is 6.76. The predicted molar refractivity (Wildman–Crippen MR) is 117 cm³/mol. The van der Waals surface area contributed by atoms with Crippen molar-refractivity contribution in [1.82, 2.24) is 14.3 Å². The number of hydrogen-bond acceptors (Lipinski definition) is 5. The largest absolute Gasteiger partial charge is 0.374 e. The molecule has 1 aliphatic heterocycles. The van der Waals surface area contributed by atoms with E-state index < -0.39 is 13.7 Å².